The van der Waals surface area contributed by atoms with Gasteiger partial charge in [0, 0.05) is 25.7 Å². The minimum atomic E-state index is -0.941. The van der Waals surface area contributed by atoms with Gasteiger partial charge in [-0.15, -0.1) is 0 Å². The zero-order valence-electron chi connectivity index (χ0n) is 22.3. The van der Waals surface area contributed by atoms with Crippen LogP contribution >= 0.6 is 0 Å². The number of benzene rings is 2. The summed E-state index contributed by atoms with van der Waals surface area (Å²) in [6.07, 6.45) is 8.92. The first-order chi connectivity index (χ1) is 18.5. The van der Waals surface area contributed by atoms with Crippen molar-refractivity contribution in [3.8, 4) is 0 Å². The summed E-state index contributed by atoms with van der Waals surface area (Å²) >= 11 is 0. The van der Waals surface area contributed by atoms with Crippen molar-refractivity contribution in [2.75, 3.05) is 26.3 Å². The lowest BCUT2D eigenvalue weighted by molar-refractivity contribution is -0.137. The van der Waals surface area contributed by atoms with Crippen molar-refractivity contribution in [2.45, 2.75) is 82.0 Å². The zero-order chi connectivity index (χ0) is 26.5. The highest BCUT2D eigenvalue weighted by molar-refractivity contribution is 5.89. The second-order valence-electron chi connectivity index (χ2n) is 11.4. The summed E-state index contributed by atoms with van der Waals surface area (Å²) in [6, 6.07) is 17.3. The summed E-state index contributed by atoms with van der Waals surface area (Å²) in [5.74, 6) is -0.730. The molecule has 3 aliphatic rings. The van der Waals surface area contributed by atoms with Gasteiger partial charge in [0.1, 0.15) is 5.54 Å². The van der Waals surface area contributed by atoms with Crippen molar-refractivity contribution >= 4 is 11.9 Å². The number of aliphatic hydroxyl groups excluding tert-OH is 1. The molecule has 204 valence electrons. The molecule has 2 heterocycles. The Labute approximate surface area is 226 Å². The van der Waals surface area contributed by atoms with Gasteiger partial charge < -0.3 is 20.0 Å². The molecule has 0 radical (unpaired) electrons. The van der Waals surface area contributed by atoms with Crippen LogP contribution in [-0.2, 0) is 11.3 Å². The molecule has 7 nitrogen and oxygen atoms in total. The number of carboxylic acid groups (broad SMARTS) is 1. The van der Waals surface area contributed by atoms with E-state index in [-0.39, 0.29) is 11.5 Å². The first-order valence-electron chi connectivity index (χ1n) is 14.3. The van der Waals surface area contributed by atoms with Gasteiger partial charge in [-0.05, 0) is 68.3 Å². The molecule has 1 saturated carbocycles. The van der Waals surface area contributed by atoms with Crippen LogP contribution in [0.3, 0.4) is 0 Å². The van der Waals surface area contributed by atoms with Gasteiger partial charge in [-0.1, -0.05) is 61.7 Å². The fourth-order valence-electron chi connectivity index (χ4n) is 6.80. The van der Waals surface area contributed by atoms with Gasteiger partial charge >= 0.3 is 5.97 Å². The maximum Gasteiger partial charge on any atom is 0.335 e. The van der Waals surface area contributed by atoms with E-state index in [4.69, 9.17) is 0 Å². The van der Waals surface area contributed by atoms with E-state index in [2.05, 4.69) is 9.80 Å². The van der Waals surface area contributed by atoms with E-state index in [9.17, 15) is 19.8 Å². The van der Waals surface area contributed by atoms with E-state index in [0.717, 1.165) is 69.3 Å². The molecule has 1 atom stereocenters. The number of carbonyl (C=O) groups excluding carboxylic acids is 1. The molecule has 2 aliphatic heterocycles. The molecule has 2 N–H and O–H groups in total. The van der Waals surface area contributed by atoms with E-state index in [1.54, 1.807) is 18.2 Å². The zero-order valence-corrected chi connectivity index (χ0v) is 22.3. The normalized spacial score (nSPS) is 21.7. The minimum Gasteiger partial charge on any atom is -0.478 e. The van der Waals surface area contributed by atoms with Crippen molar-refractivity contribution in [1.82, 2.24) is 14.7 Å². The standard InChI is InChI=1S/C31H41N3O4/c35-28(25-10-3-1-4-11-25)15-8-18-32-19-16-31(17-20-32)30(38)33(23-34(31)27-13-5-2-6-14-27)22-24-9-7-12-26(21-24)29(36)37/h1,3-4,7,9-12,21,27-28,35H,2,5-6,8,13-20,22-23H2,(H,36,37). The number of nitrogens with zero attached hydrogens (tertiary/aromatic N) is 3. The average molecular weight is 520 g/mol. The molecule has 1 amide bonds. The number of likely N-dealkylation sites (tertiary alicyclic amines) is 1. The molecule has 2 saturated heterocycles. The van der Waals surface area contributed by atoms with E-state index in [0.29, 0.717) is 19.3 Å². The summed E-state index contributed by atoms with van der Waals surface area (Å²) in [7, 11) is 0. The number of hydrogen-bond donors (Lipinski definition) is 2. The van der Waals surface area contributed by atoms with Gasteiger partial charge in [-0.25, -0.2) is 4.79 Å². The molecule has 2 aromatic carbocycles. The van der Waals surface area contributed by atoms with Crippen molar-refractivity contribution < 1.29 is 19.8 Å². The Kier molecular flexibility index (Phi) is 8.46. The average Bonchev–Trinajstić information content (AvgIpc) is 3.21. The lowest BCUT2D eigenvalue weighted by Crippen LogP contribution is -2.59. The number of carboxylic acids is 1. The van der Waals surface area contributed by atoms with Crippen molar-refractivity contribution in [3.05, 3.63) is 71.3 Å². The highest BCUT2D eigenvalue weighted by Crippen LogP contribution is 2.41. The third-order valence-electron chi connectivity index (χ3n) is 8.94. The van der Waals surface area contributed by atoms with Crippen LogP contribution in [-0.4, -0.2) is 74.7 Å². The number of piperidine rings is 1. The first kappa shape index (κ1) is 26.9. The molecule has 1 unspecified atom stereocenters. The highest BCUT2D eigenvalue weighted by Gasteiger charge is 2.55. The molecule has 1 spiro atoms. The first-order valence-corrected chi connectivity index (χ1v) is 14.3. The van der Waals surface area contributed by atoms with Gasteiger partial charge in [-0.2, -0.15) is 0 Å². The van der Waals surface area contributed by atoms with E-state index in [1.165, 1.54) is 19.3 Å². The Balaban J connectivity index is 1.23. The Morgan fingerprint density at radius 3 is 2.45 bits per heavy atom. The molecule has 2 aromatic rings. The summed E-state index contributed by atoms with van der Waals surface area (Å²) < 4.78 is 0. The number of hydrogen-bond acceptors (Lipinski definition) is 5. The third-order valence-corrected chi connectivity index (χ3v) is 8.94. The van der Waals surface area contributed by atoms with Crippen LogP contribution in [0.15, 0.2) is 54.6 Å². The maximum atomic E-state index is 14.0. The molecular weight excluding hydrogens is 478 g/mol. The molecule has 38 heavy (non-hydrogen) atoms. The number of carbonyl (C=O) groups is 2. The number of rotatable bonds is 9. The van der Waals surface area contributed by atoms with Crippen LogP contribution in [0.25, 0.3) is 0 Å². The highest BCUT2D eigenvalue weighted by atomic mass is 16.4. The molecule has 1 aliphatic carbocycles. The van der Waals surface area contributed by atoms with Crippen molar-refractivity contribution in [3.63, 3.8) is 0 Å². The molecule has 3 fully saturated rings. The van der Waals surface area contributed by atoms with Crippen LogP contribution in [0.1, 0.15) is 85.4 Å². The van der Waals surface area contributed by atoms with Gasteiger partial charge in [0.2, 0.25) is 5.91 Å². The monoisotopic (exact) mass is 519 g/mol. The lowest BCUT2D eigenvalue weighted by Gasteiger charge is -2.46. The fraction of sp³-hybridized carbons (Fsp3) is 0.548. The number of aliphatic hydroxyl groups is 1. The second-order valence-corrected chi connectivity index (χ2v) is 11.4. The molecular formula is C31H41N3O4. The molecule has 0 aromatic heterocycles. The largest absolute Gasteiger partial charge is 0.478 e. The van der Waals surface area contributed by atoms with Gasteiger partial charge in [0.15, 0.2) is 0 Å². The summed E-state index contributed by atoms with van der Waals surface area (Å²) in [5.41, 5.74) is 1.65. The van der Waals surface area contributed by atoms with Crippen LogP contribution in [0.4, 0.5) is 0 Å². The predicted molar refractivity (Wildman–Crippen MR) is 147 cm³/mol. The Bertz CT molecular complexity index is 1090. The molecule has 0 bridgehead atoms. The summed E-state index contributed by atoms with van der Waals surface area (Å²) in [6.45, 7) is 3.79. The van der Waals surface area contributed by atoms with Gasteiger partial charge in [0.05, 0.1) is 18.3 Å². The predicted octanol–water partition coefficient (Wildman–Crippen LogP) is 4.67. The van der Waals surface area contributed by atoms with Crippen LogP contribution in [0, 0.1) is 0 Å². The lowest BCUT2D eigenvalue weighted by atomic mass is 9.82. The SMILES string of the molecule is O=C(O)c1cccc(CN2CN(C3CCCCC3)C3(CCN(CCCC(O)c4ccccc4)CC3)C2=O)c1. The van der Waals surface area contributed by atoms with E-state index >= 15 is 0 Å². The van der Waals surface area contributed by atoms with E-state index in [1.807, 2.05) is 41.3 Å². The molecule has 5 rings (SSSR count). The Morgan fingerprint density at radius 1 is 1.00 bits per heavy atom. The van der Waals surface area contributed by atoms with Crippen LogP contribution < -0.4 is 0 Å². The quantitative estimate of drug-likeness (QED) is 0.501. The van der Waals surface area contributed by atoms with Crippen molar-refractivity contribution in [2.24, 2.45) is 0 Å². The summed E-state index contributed by atoms with van der Waals surface area (Å²) in [4.78, 5) is 32.4. The van der Waals surface area contributed by atoms with Crippen LogP contribution in [0.5, 0.6) is 0 Å². The topological polar surface area (TPSA) is 84.3 Å². The van der Waals surface area contributed by atoms with Gasteiger partial charge in [0.25, 0.3) is 0 Å². The van der Waals surface area contributed by atoms with Crippen LogP contribution in [0.2, 0.25) is 0 Å². The Morgan fingerprint density at radius 2 is 1.74 bits per heavy atom. The third kappa shape index (κ3) is 5.80. The maximum absolute atomic E-state index is 14.0. The Hall–Kier alpha value is -2.74. The minimum absolute atomic E-state index is 0.211. The smallest absolute Gasteiger partial charge is 0.335 e. The number of amides is 1. The number of aromatic carboxylic acids is 1. The second kappa shape index (κ2) is 12.0. The fourth-order valence-corrected chi connectivity index (χ4v) is 6.80. The van der Waals surface area contributed by atoms with E-state index < -0.39 is 17.6 Å². The summed E-state index contributed by atoms with van der Waals surface area (Å²) in [5, 5.41) is 19.9. The van der Waals surface area contributed by atoms with Gasteiger partial charge in [-0.3, -0.25) is 9.69 Å². The van der Waals surface area contributed by atoms with Crippen molar-refractivity contribution in [1.29, 1.82) is 0 Å². The molecule has 7 heteroatoms.